The number of hydrogen-bond donors (Lipinski definition) is 0. The van der Waals surface area contributed by atoms with Crippen molar-refractivity contribution in [3.63, 3.8) is 0 Å². The van der Waals surface area contributed by atoms with Crippen LogP contribution in [0.1, 0.15) is 13.8 Å². The SMILES string of the molecule is C[C](C)CN1CCO[C@@H](C=O)C1. The van der Waals surface area contributed by atoms with E-state index < -0.39 is 0 Å². The van der Waals surface area contributed by atoms with Crippen LogP contribution < -0.4 is 0 Å². The molecule has 1 atom stereocenters. The molecule has 1 aliphatic rings. The van der Waals surface area contributed by atoms with Gasteiger partial charge in [0.2, 0.25) is 0 Å². The number of rotatable bonds is 3. The van der Waals surface area contributed by atoms with Gasteiger partial charge in [-0.15, -0.1) is 0 Å². The molecule has 12 heavy (non-hydrogen) atoms. The van der Waals surface area contributed by atoms with Crippen molar-refractivity contribution in [1.82, 2.24) is 4.90 Å². The first-order valence-electron chi connectivity index (χ1n) is 4.30. The Kier molecular flexibility index (Phi) is 3.69. The van der Waals surface area contributed by atoms with Crippen LogP contribution in [0, 0.1) is 5.92 Å². The summed E-state index contributed by atoms with van der Waals surface area (Å²) in [7, 11) is 0. The maximum absolute atomic E-state index is 10.4. The normalized spacial score (nSPS) is 26.1. The number of morpholine rings is 1. The highest BCUT2D eigenvalue weighted by molar-refractivity contribution is 5.56. The Morgan fingerprint density at radius 1 is 1.67 bits per heavy atom. The minimum absolute atomic E-state index is 0.210. The Bertz CT molecular complexity index is 147. The molecule has 3 nitrogen and oxygen atoms in total. The van der Waals surface area contributed by atoms with Crippen LogP contribution in [0.4, 0.5) is 0 Å². The molecule has 1 fully saturated rings. The van der Waals surface area contributed by atoms with Crippen molar-refractivity contribution in [1.29, 1.82) is 0 Å². The van der Waals surface area contributed by atoms with Crippen molar-refractivity contribution in [2.24, 2.45) is 0 Å². The predicted molar refractivity (Wildman–Crippen MR) is 46.8 cm³/mol. The summed E-state index contributed by atoms with van der Waals surface area (Å²) in [5.74, 6) is 1.38. The fraction of sp³-hybridized carbons (Fsp3) is 0.778. The summed E-state index contributed by atoms with van der Waals surface area (Å²) in [5, 5.41) is 0. The summed E-state index contributed by atoms with van der Waals surface area (Å²) >= 11 is 0. The van der Waals surface area contributed by atoms with Gasteiger partial charge in [-0.3, -0.25) is 4.90 Å². The van der Waals surface area contributed by atoms with Crippen molar-refractivity contribution in [2.75, 3.05) is 26.2 Å². The van der Waals surface area contributed by atoms with E-state index in [1.54, 1.807) is 0 Å². The minimum Gasteiger partial charge on any atom is -0.368 e. The second-order valence-electron chi connectivity index (χ2n) is 3.49. The van der Waals surface area contributed by atoms with Gasteiger partial charge in [0.15, 0.2) is 0 Å². The van der Waals surface area contributed by atoms with E-state index in [0.29, 0.717) is 6.61 Å². The molecule has 3 heteroatoms. The molecule has 1 aliphatic heterocycles. The van der Waals surface area contributed by atoms with Crippen molar-refractivity contribution in [3.05, 3.63) is 5.92 Å². The van der Waals surface area contributed by atoms with E-state index in [9.17, 15) is 4.79 Å². The number of nitrogens with zero attached hydrogens (tertiary/aromatic N) is 1. The Morgan fingerprint density at radius 3 is 3.00 bits per heavy atom. The number of hydrogen-bond acceptors (Lipinski definition) is 3. The third-order valence-electron chi connectivity index (χ3n) is 1.87. The molecular weight excluding hydrogens is 154 g/mol. The Labute approximate surface area is 73.7 Å². The predicted octanol–water partition coefficient (Wildman–Crippen LogP) is 0.500. The molecule has 0 aromatic rings. The highest BCUT2D eigenvalue weighted by atomic mass is 16.5. The lowest BCUT2D eigenvalue weighted by molar-refractivity contribution is -0.123. The van der Waals surface area contributed by atoms with E-state index >= 15 is 0 Å². The summed E-state index contributed by atoms with van der Waals surface area (Å²) < 4.78 is 5.22. The molecule has 1 saturated heterocycles. The van der Waals surface area contributed by atoms with Gasteiger partial charge >= 0.3 is 0 Å². The zero-order valence-electron chi connectivity index (χ0n) is 7.75. The van der Waals surface area contributed by atoms with E-state index in [1.165, 1.54) is 5.92 Å². The maximum Gasteiger partial charge on any atom is 0.150 e. The smallest absolute Gasteiger partial charge is 0.150 e. The molecule has 0 bridgehead atoms. The first-order valence-corrected chi connectivity index (χ1v) is 4.30. The molecule has 0 spiro atoms. The van der Waals surface area contributed by atoms with Crippen LogP contribution in [0.3, 0.4) is 0 Å². The quantitative estimate of drug-likeness (QED) is 0.578. The maximum atomic E-state index is 10.4. The zero-order chi connectivity index (χ0) is 8.97. The average Bonchev–Trinajstić information content (AvgIpc) is 2.03. The van der Waals surface area contributed by atoms with Gasteiger partial charge in [-0.2, -0.15) is 0 Å². The first kappa shape index (κ1) is 9.68. The monoisotopic (exact) mass is 170 g/mol. The Balaban J connectivity index is 2.30. The van der Waals surface area contributed by atoms with Crippen LogP contribution in [0.25, 0.3) is 0 Å². The molecule has 0 aromatic heterocycles. The van der Waals surface area contributed by atoms with E-state index in [4.69, 9.17) is 4.74 Å². The highest BCUT2D eigenvalue weighted by Gasteiger charge is 2.19. The average molecular weight is 170 g/mol. The highest BCUT2D eigenvalue weighted by Crippen LogP contribution is 2.06. The number of aldehydes is 1. The van der Waals surface area contributed by atoms with E-state index in [1.807, 2.05) is 0 Å². The number of ether oxygens (including phenoxy) is 1. The lowest BCUT2D eigenvalue weighted by Crippen LogP contribution is -2.44. The Hall–Kier alpha value is -0.410. The van der Waals surface area contributed by atoms with Crippen LogP contribution in [0.2, 0.25) is 0 Å². The summed E-state index contributed by atoms with van der Waals surface area (Å²) in [6, 6.07) is 0. The molecule has 69 valence electrons. The number of carbonyl (C=O) groups excluding carboxylic acids is 1. The molecule has 1 heterocycles. The van der Waals surface area contributed by atoms with Gasteiger partial charge < -0.3 is 9.53 Å². The number of carbonyl (C=O) groups is 1. The van der Waals surface area contributed by atoms with E-state index in [-0.39, 0.29) is 6.10 Å². The van der Waals surface area contributed by atoms with Crippen molar-refractivity contribution in [2.45, 2.75) is 20.0 Å². The summed E-state index contributed by atoms with van der Waals surface area (Å²) in [6.45, 7) is 7.55. The summed E-state index contributed by atoms with van der Waals surface area (Å²) in [6.07, 6.45) is 0.676. The fourth-order valence-electron chi connectivity index (χ4n) is 1.40. The van der Waals surface area contributed by atoms with Crippen molar-refractivity contribution >= 4 is 6.29 Å². The van der Waals surface area contributed by atoms with Crippen LogP contribution >= 0.6 is 0 Å². The largest absolute Gasteiger partial charge is 0.368 e. The van der Waals surface area contributed by atoms with Crippen LogP contribution in [0.5, 0.6) is 0 Å². The van der Waals surface area contributed by atoms with Gasteiger partial charge in [0.25, 0.3) is 0 Å². The van der Waals surface area contributed by atoms with Gasteiger partial charge in [0.05, 0.1) is 6.61 Å². The van der Waals surface area contributed by atoms with Gasteiger partial charge in [-0.25, -0.2) is 0 Å². The van der Waals surface area contributed by atoms with Crippen molar-refractivity contribution in [3.8, 4) is 0 Å². The molecule has 1 radical (unpaired) electrons. The van der Waals surface area contributed by atoms with E-state index in [0.717, 1.165) is 25.9 Å². The van der Waals surface area contributed by atoms with Gasteiger partial charge in [0.1, 0.15) is 12.4 Å². The molecule has 0 saturated carbocycles. The van der Waals surface area contributed by atoms with Crippen molar-refractivity contribution < 1.29 is 9.53 Å². The van der Waals surface area contributed by atoms with Gasteiger partial charge in [0, 0.05) is 19.6 Å². The second kappa shape index (κ2) is 4.58. The summed E-state index contributed by atoms with van der Waals surface area (Å²) in [5.41, 5.74) is 0. The minimum atomic E-state index is -0.210. The lowest BCUT2D eigenvalue weighted by atomic mass is 10.2. The fourth-order valence-corrected chi connectivity index (χ4v) is 1.40. The second-order valence-corrected chi connectivity index (χ2v) is 3.49. The van der Waals surface area contributed by atoms with Gasteiger partial charge in [-0.1, -0.05) is 13.8 Å². The molecular formula is C9H16NO2. The third-order valence-corrected chi connectivity index (χ3v) is 1.87. The van der Waals surface area contributed by atoms with E-state index in [2.05, 4.69) is 18.7 Å². The molecule has 1 rings (SSSR count). The van der Waals surface area contributed by atoms with Crippen LogP contribution in [-0.4, -0.2) is 43.5 Å². The summed E-state index contributed by atoms with van der Waals surface area (Å²) in [4.78, 5) is 12.7. The Morgan fingerprint density at radius 2 is 2.42 bits per heavy atom. The van der Waals surface area contributed by atoms with Crippen LogP contribution in [0.15, 0.2) is 0 Å². The first-order chi connectivity index (χ1) is 5.72. The lowest BCUT2D eigenvalue weighted by Gasteiger charge is -2.31. The zero-order valence-corrected chi connectivity index (χ0v) is 7.75. The molecule has 0 aromatic carbocycles. The third kappa shape index (κ3) is 2.91. The van der Waals surface area contributed by atoms with Gasteiger partial charge in [-0.05, 0) is 5.92 Å². The topological polar surface area (TPSA) is 29.5 Å². The molecule has 0 aliphatic carbocycles. The standard InChI is InChI=1S/C9H16NO2/c1-8(2)5-10-3-4-12-9(6-10)7-11/h7,9H,3-6H2,1-2H3/t9-/m1/s1. The molecule has 0 N–H and O–H groups in total. The van der Waals surface area contributed by atoms with Crippen LogP contribution in [-0.2, 0) is 9.53 Å². The molecule has 0 unspecified atom stereocenters. The molecule has 0 amide bonds.